The molecule has 3 aliphatic rings. The average molecular weight is 377 g/mol. The minimum absolute atomic E-state index is 0.535. The lowest BCUT2D eigenvalue weighted by molar-refractivity contribution is -0.133. The molecular formula is C24H32N4. The van der Waals surface area contributed by atoms with Crippen molar-refractivity contribution in [2.45, 2.75) is 63.6 Å². The van der Waals surface area contributed by atoms with E-state index in [0.717, 1.165) is 12.6 Å². The van der Waals surface area contributed by atoms with E-state index in [0.29, 0.717) is 11.5 Å². The van der Waals surface area contributed by atoms with Crippen molar-refractivity contribution in [1.29, 1.82) is 0 Å². The van der Waals surface area contributed by atoms with Gasteiger partial charge in [-0.15, -0.1) is 0 Å². The lowest BCUT2D eigenvalue weighted by Gasteiger charge is -2.63. The fraction of sp³-hybridized carbons (Fsp3) is 0.583. The molecule has 148 valence electrons. The third-order valence-electron chi connectivity index (χ3n) is 7.46. The van der Waals surface area contributed by atoms with Gasteiger partial charge in [-0.1, -0.05) is 19.3 Å². The van der Waals surface area contributed by atoms with Crippen molar-refractivity contribution in [3.8, 4) is 0 Å². The number of likely N-dealkylation sites (tertiary alicyclic amines) is 2. The zero-order valence-corrected chi connectivity index (χ0v) is 16.8. The molecule has 2 aromatic heterocycles. The summed E-state index contributed by atoms with van der Waals surface area (Å²) in [5.41, 5.74) is 3.42. The molecule has 1 atom stereocenters. The highest BCUT2D eigenvalue weighted by molar-refractivity contribution is 5.25. The van der Waals surface area contributed by atoms with Crippen LogP contribution in [0.3, 0.4) is 0 Å². The Morgan fingerprint density at radius 2 is 1.50 bits per heavy atom. The molecule has 2 saturated heterocycles. The Hall–Kier alpha value is -1.78. The lowest BCUT2D eigenvalue weighted by Crippen LogP contribution is -2.63. The van der Waals surface area contributed by atoms with E-state index in [-0.39, 0.29) is 0 Å². The van der Waals surface area contributed by atoms with Gasteiger partial charge < -0.3 is 0 Å². The molecule has 4 nitrogen and oxygen atoms in total. The summed E-state index contributed by atoms with van der Waals surface area (Å²) in [6.07, 6.45) is 17.5. The molecule has 1 aliphatic carbocycles. The van der Waals surface area contributed by atoms with E-state index in [1.165, 1.54) is 75.7 Å². The van der Waals surface area contributed by atoms with Gasteiger partial charge in [0.1, 0.15) is 0 Å². The second-order valence-corrected chi connectivity index (χ2v) is 9.14. The van der Waals surface area contributed by atoms with E-state index < -0.39 is 0 Å². The van der Waals surface area contributed by atoms with Crippen LogP contribution in [0, 0.1) is 5.41 Å². The van der Waals surface area contributed by atoms with Crippen molar-refractivity contribution in [3.05, 3.63) is 60.2 Å². The van der Waals surface area contributed by atoms with Crippen LogP contribution < -0.4 is 0 Å². The number of aromatic nitrogens is 2. The number of piperidine rings is 1. The van der Waals surface area contributed by atoms with Gasteiger partial charge >= 0.3 is 0 Å². The lowest BCUT2D eigenvalue weighted by atomic mass is 9.60. The fourth-order valence-electron chi connectivity index (χ4n) is 6.05. The van der Waals surface area contributed by atoms with E-state index in [9.17, 15) is 0 Å². The van der Waals surface area contributed by atoms with Crippen LogP contribution in [0.1, 0.15) is 62.1 Å². The Morgan fingerprint density at radius 3 is 2.18 bits per heavy atom. The number of hydrogen-bond acceptors (Lipinski definition) is 4. The zero-order chi connectivity index (χ0) is 18.8. The van der Waals surface area contributed by atoms with Gasteiger partial charge in [0.15, 0.2) is 0 Å². The van der Waals surface area contributed by atoms with Crippen molar-refractivity contribution >= 4 is 0 Å². The first-order valence-corrected chi connectivity index (χ1v) is 11.1. The Kier molecular flexibility index (Phi) is 5.17. The number of hydrogen-bond donors (Lipinski definition) is 0. The zero-order valence-electron chi connectivity index (χ0n) is 16.8. The highest BCUT2D eigenvalue weighted by Gasteiger charge is 2.54. The van der Waals surface area contributed by atoms with E-state index in [2.05, 4.69) is 44.0 Å². The van der Waals surface area contributed by atoms with Gasteiger partial charge in [0.25, 0.3) is 0 Å². The summed E-state index contributed by atoms with van der Waals surface area (Å²) in [5.74, 6) is 0. The predicted molar refractivity (Wildman–Crippen MR) is 112 cm³/mol. The predicted octanol–water partition coefficient (Wildman–Crippen LogP) is 4.45. The minimum atomic E-state index is 0.535. The van der Waals surface area contributed by atoms with Crippen molar-refractivity contribution in [1.82, 2.24) is 19.8 Å². The summed E-state index contributed by atoms with van der Waals surface area (Å²) in [6, 6.07) is 10.2. The highest BCUT2D eigenvalue weighted by atomic mass is 15.3. The van der Waals surface area contributed by atoms with Gasteiger partial charge in [-0.25, -0.2) is 0 Å². The van der Waals surface area contributed by atoms with E-state index in [1.54, 1.807) is 0 Å². The molecule has 5 rings (SSSR count). The standard InChI is InChI=1S/C24H32N4/c1-2-10-24(11-3-1)19-28(23(24)21-6-14-26-15-7-21)22-8-16-27(17-9-22)18-20-4-12-25-13-5-20/h4-7,12-15,22-23H,1-3,8-11,16-19H2. The second-order valence-electron chi connectivity index (χ2n) is 9.14. The Balaban J connectivity index is 1.26. The molecule has 3 fully saturated rings. The Labute approximate surface area is 169 Å². The molecule has 1 spiro atoms. The van der Waals surface area contributed by atoms with Crippen LogP contribution in [0.2, 0.25) is 0 Å². The molecule has 1 unspecified atom stereocenters. The van der Waals surface area contributed by atoms with Crippen LogP contribution in [0.25, 0.3) is 0 Å². The molecule has 0 bridgehead atoms. The molecule has 1 saturated carbocycles. The van der Waals surface area contributed by atoms with Crippen LogP contribution in [0.5, 0.6) is 0 Å². The van der Waals surface area contributed by atoms with Crippen molar-refractivity contribution < 1.29 is 0 Å². The smallest absolute Gasteiger partial charge is 0.0420 e. The topological polar surface area (TPSA) is 32.3 Å². The number of pyridine rings is 2. The SMILES string of the molecule is c1cc(CN2CCC(N3CC4(CCCCC4)C3c3ccncc3)CC2)ccn1. The van der Waals surface area contributed by atoms with Crippen LogP contribution in [-0.2, 0) is 6.54 Å². The van der Waals surface area contributed by atoms with Crippen molar-refractivity contribution in [2.24, 2.45) is 5.41 Å². The molecule has 2 aliphatic heterocycles. The van der Waals surface area contributed by atoms with Gasteiger partial charge in [-0.3, -0.25) is 19.8 Å². The normalized spacial score (nSPS) is 26.2. The summed E-state index contributed by atoms with van der Waals surface area (Å²) in [4.78, 5) is 13.9. The molecule has 0 N–H and O–H groups in total. The van der Waals surface area contributed by atoms with Crippen LogP contribution in [-0.4, -0.2) is 45.4 Å². The largest absolute Gasteiger partial charge is 0.299 e. The third kappa shape index (κ3) is 3.48. The molecule has 0 radical (unpaired) electrons. The monoisotopic (exact) mass is 376 g/mol. The summed E-state index contributed by atoms with van der Waals surface area (Å²) in [5, 5.41) is 0. The van der Waals surface area contributed by atoms with Crippen LogP contribution in [0.15, 0.2) is 49.1 Å². The minimum Gasteiger partial charge on any atom is -0.299 e. The summed E-state index contributed by atoms with van der Waals surface area (Å²) in [6.45, 7) is 4.79. The molecular weight excluding hydrogens is 344 g/mol. The van der Waals surface area contributed by atoms with Gasteiger partial charge in [0.05, 0.1) is 0 Å². The maximum absolute atomic E-state index is 4.28. The first-order chi connectivity index (χ1) is 13.8. The first-order valence-electron chi connectivity index (χ1n) is 11.1. The molecule has 0 amide bonds. The van der Waals surface area contributed by atoms with E-state index >= 15 is 0 Å². The van der Waals surface area contributed by atoms with Crippen molar-refractivity contribution in [2.75, 3.05) is 19.6 Å². The molecule has 0 aromatic carbocycles. The van der Waals surface area contributed by atoms with Gasteiger partial charge in [0, 0.05) is 55.4 Å². The highest BCUT2D eigenvalue weighted by Crippen LogP contribution is 2.58. The molecule has 2 aromatic rings. The maximum Gasteiger partial charge on any atom is 0.0420 e. The quantitative estimate of drug-likeness (QED) is 0.789. The van der Waals surface area contributed by atoms with E-state index in [1.807, 2.05) is 24.8 Å². The summed E-state index contributed by atoms with van der Waals surface area (Å²) >= 11 is 0. The first kappa shape index (κ1) is 18.3. The van der Waals surface area contributed by atoms with Crippen LogP contribution >= 0.6 is 0 Å². The molecule has 4 heteroatoms. The van der Waals surface area contributed by atoms with Gasteiger partial charge in [-0.05, 0) is 74.2 Å². The van der Waals surface area contributed by atoms with Crippen molar-refractivity contribution in [3.63, 3.8) is 0 Å². The number of rotatable bonds is 4. The second kappa shape index (κ2) is 7.92. The maximum atomic E-state index is 4.28. The molecule has 28 heavy (non-hydrogen) atoms. The Morgan fingerprint density at radius 1 is 0.857 bits per heavy atom. The van der Waals surface area contributed by atoms with E-state index in [4.69, 9.17) is 0 Å². The van der Waals surface area contributed by atoms with Crippen LogP contribution in [0.4, 0.5) is 0 Å². The van der Waals surface area contributed by atoms with Gasteiger partial charge in [0.2, 0.25) is 0 Å². The average Bonchev–Trinajstić information content (AvgIpc) is 2.75. The summed E-state index contributed by atoms with van der Waals surface area (Å²) in [7, 11) is 0. The Bertz CT molecular complexity index is 749. The summed E-state index contributed by atoms with van der Waals surface area (Å²) < 4.78 is 0. The fourth-order valence-corrected chi connectivity index (χ4v) is 6.05. The third-order valence-corrected chi connectivity index (χ3v) is 7.46. The van der Waals surface area contributed by atoms with Gasteiger partial charge in [-0.2, -0.15) is 0 Å². The number of nitrogens with zero attached hydrogens (tertiary/aromatic N) is 4. The molecule has 4 heterocycles.